The van der Waals surface area contributed by atoms with Gasteiger partial charge in [-0.05, 0) is 37.2 Å². The minimum Gasteiger partial charge on any atom is -0.341 e. The summed E-state index contributed by atoms with van der Waals surface area (Å²) in [6, 6.07) is 5.83. The molecule has 1 fully saturated rings. The summed E-state index contributed by atoms with van der Waals surface area (Å²) in [6.07, 6.45) is 5.95. The van der Waals surface area contributed by atoms with Crippen molar-refractivity contribution < 1.29 is 0 Å². The van der Waals surface area contributed by atoms with E-state index in [9.17, 15) is 0 Å². The van der Waals surface area contributed by atoms with Gasteiger partial charge in [-0.25, -0.2) is 4.98 Å². The highest BCUT2D eigenvalue weighted by Crippen LogP contribution is 2.14. The first-order valence-corrected chi connectivity index (χ1v) is 6.82. The lowest BCUT2D eigenvalue weighted by atomic mass is 10.3. The van der Waals surface area contributed by atoms with Gasteiger partial charge in [-0.15, -0.1) is 0 Å². The first-order chi connectivity index (χ1) is 9.33. The van der Waals surface area contributed by atoms with Crippen molar-refractivity contribution in [3.05, 3.63) is 41.2 Å². The monoisotopic (exact) mass is 273 g/mol. The molecule has 0 saturated carbocycles. The van der Waals surface area contributed by atoms with Gasteiger partial charge in [-0.2, -0.15) is 4.98 Å². The Kier molecular flexibility index (Phi) is 3.50. The number of nitrogens with zero attached hydrogens (tertiary/aromatic N) is 5. The summed E-state index contributed by atoms with van der Waals surface area (Å²) in [5.74, 6) is 0.750. The highest BCUT2D eigenvalue weighted by Gasteiger charge is 2.14. The van der Waals surface area contributed by atoms with E-state index in [4.69, 9.17) is 12.2 Å². The fourth-order valence-electron chi connectivity index (χ4n) is 2.19. The lowest BCUT2D eigenvalue weighted by molar-refractivity contribution is 0.699. The van der Waals surface area contributed by atoms with Gasteiger partial charge in [0.05, 0.1) is 12.2 Å². The van der Waals surface area contributed by atoms with E-state index in [0.717, 1.165) is 24.7 Å². The number of hydrogen-bond acceptors (Lipinski definition) is 5. The molecule has 2 aromatic rings. The molecule has 0 bridgehead atoms. The highest BCUT2D eigenvalue weighted by atomic mass is 32.1. The topological polar surface area (TPSA) is 46.8 Å². The van der Waals surface area contributed by atoms with Crippen LogP contribution in [-0.4, -0.2) is 32.6 Å². The average Bonchev–Trinajstić information content (AvgIpc) is 2.96. The Bertz CT molecular complexity index is 604. The Balaban J connectivity index is 1.82. The van der Waals surface area contributed by atoms with Gasteiger partial charge in [0, 0.05) is 19.3 Å². The highest BCUT2D eigenvalue weighted by molar-refractivity contribution is 7.71. The summed E-state index contributed by atoms with van der Waals surface area (Å²) in [7, 11) is 0. The van der Waals surface area contributed by atoms with Crippen LogP contribution in [0.25, 0.3) is 0 Å². The van der Waals surface area contributed by atoms with E-state index < -0.39 is 0 Å². The van der Waals surface area contributed by atoms with Crippen LogP contribution in [0.3, 0.4) is 0 Å². The van der Waals surface area contributed by atoms with Gasteiger partial charge in [0.1, 0.15) is 6.33 Å². The second kappa shape index (κ2) is 5.44. The fraction of sp³-hybridized carbons (Fsp3) is 0.385. The van der Waals surface area contributed by atoms with Crippen molar-refractivity contribution in [1.82, 2.24) is 19.5 Å². The van der Waals surface area contributed by atoms with E-state index in [2.05, 4.69) is 19.9 Å². The van der Waals surface area contributed by atoms with E-state index in [1.165, 1.54) is 12.8 Å². The molecule has 98 valence electrons. The van der Waals surface area contributed by atoms with E-state index in [1.807, 2.05) is 22.8 Å². The summed E-state index contributed by atoms with van der Waals surface area (Å²) >= 11 is 5.33. The molecule has 19 heavy (non-hydrogen) atoms. The maximum absolute atomic E-state index is 5.33. The van der Waals surface area contributed by atoms with Crippen LogP contribution in [0.5, 0.6) is 0 Å². The number of anilines is 1. The summed E-state index contributed by atoms with van der Waals surface area (Å²) in [4.78, 5) is 15.3. The molecule has 2 aromatic heterocycles. The summed E-state index contributed by atoms with van der Waals surface area (Å²) in [5, 5.41) is 0. The second-order valence-corrected chi connectivity index (χ2v) is 4.95. The molecule has 0 aliphatic carbocycles. The largest absolute Gasteiger partial charge is 0.341 e. The Morgan fingerprint density at radius 3 is 2.68 bits per heavy atom. The van der Waals surface area contributed by atoms with Crippen LogP contribution in [0, 0.1) is 4.77 Å². The van der Waals surface area contributed by atoms with Crippen molar-refractivity contribution in [3.63, 3.8) is 0 Å². The molecular formula is C13H15N5S. The molecule has 1 aliphatic rings. The van der Waals surface area contributed by atoms with Gasteiger partial charge in [0.2, 0.25) is 10.7 Å². The minimum atomic E-state index is 0.558. The predicted octanol–water partition coefficient (Wildman–Crippen LogP) is 2.05. The van der Waals surface area contributed by atoms with Crippen LogP contribution in [0.1, 0.15) is 18.5 Å². The van der Waals surface area contributed by atoms with Gasteiger partial charge in [-0.3, -0.25) is 4.98 Å². The number of pyridine rings is 1. The van der Waals surface area contributed by atoms with Crippen molar-refractivity contribution >= 4 is 18.2 Å². The Hall–Kier alpha value is -1.82. The zero-order chi connectivity index (χ0) is 13.1. The van der Waals surface area contributed by atoms with Crippen molar-refractivity contribution in [2.75, 3.05) is 18.0 Å². The maximum Gasteiger partial charge on any atom is 0.229 e. The fourth-order valence-corrected chi connectivity index (χ4v) is 2.39. The van der Waals surface area contributed by atoms with E-state index >= 15 is 0 Å². The molecule has 1 aliphatic heterocycles. The maximum atomic E-state index is 5.33. The molecule has 0 N–H and O–H groups in total. The summed E-state index contributed by atoms with van der Waals surface area (Å²) < 4.78 is 2.40. The van der Waals surface area contributed by atoms with Crippen LogP contribution < -0.4 is 4.90 Å². The third-order valence-corrected chi connectivity index (χ3v) is 3.53. The average molecular weight is 273 g/mol. The van der Waals surface area contributed by atoms with Crippen molar-refractivity contribution in [2.24, 2.45) is 0 Å². The molecule has 5 nitrogen and oxygen atoms in total. The van der Waals surface area contributed by atoms with Crippen molar-refractivity contribution in [1.29, 1.82) is 0 Å². The zero-order valence-corrected chi connectivity index (χ0v) is 11.4. The third kappa shape index (κ3) is 2.78. The van der Waals surface area contributed by atoms with Crippen LogP contribution in [-0.2, 0) is 6.54 Å². The molecule has 6 heteroatoms. The van der Waals surface area contributed by atoms with Gasteiger partial charge < -0.3 is 9.47 Å². The summed E-state index contributed by atoms with van der Waals surface area (Å²) in [5.41, 5.74) is 0.955. The molecule has 1 saturated heterocycles. The first-order valence-electron chi connectivity index (χ1n) is 6.41. The van der Waals surface area contributed by atoms with Gasteiger partial charge in [-0.1, -0.05) is 6.07 Å². The molecule has 0 unspecified atom stereocenters. The number of aromatic nitrogens is 4. The number of hydrogen-bond donors (Lipinski definition) is 0. The molecule has 0 spiro atoms. The smallest absolute Gasteiger partial charge is 0.229 e. The number of rotatable bonds is 3. The van der Waals surface area contributed by atoms with E-state index in [1.54, 1.807) is 12.5 Å². The van der Waals surface area contributed by atoms with E-state index in [0.29, 0.717) is 11.3 Å². The Labute approximate surface area is 117 Å². The SMILES string of the molecule is S=c1nc(N2CCCC2)ncn1Cc1ccccn1. The van der Waals surface area contributed by atoms with Crippen molar-refractivity contribution in [3.8, 4) is 0 Å². The molecule has 0 atom stereocenters. The Morgan fingerprint density at radius 2 is 2.00 bits per heavy atom. The quantitative estimate of drug-likeness (QED) is 0.801. The normalized spacial score (nSPS) is 14.8. The molecule has 0 radical (unpaired) electrons. The van der Waals surface area contributed by atoms with Gasteiger partial charge in [0.25, 0.3) is 0 Å². The lowest BCUT2D eigenvalue weighted by Gasteiger charge is -2.15. The minimum absolute atomic E-state index is 0.558. The van der Waals surface area contributed by atoms with Crippen LogP contribution in [0.2, 0.25) is 0 Å². The molecular weight excluding hydrogens is 258 g/mol. The standard InChI is InChI=1S/C13H15N5S/c19-13-16-12(17-7-3-4-8-17)15-10-18(13)9-11-5-1-2-6-14-11/h1-2,5-6,10H,3-4,7-9H2. The zero-order valence-electron chi connectivity index (χ0n) is 10.6. The summed E-state index contributed by atoms with van der Waals surface area (Å²) in [6.45, 7) is 2.66. The molecule has 0 amide bonds. The Morgan fingerprint density at radius 1 is 1.16 bits per heavy atom. The molecule has 0 aromatic carbocycles. The van der Waals surface area contributed by atoms with Crippen molar-refractivity contribution in [2.45, 2.75) is 19.4 Å². The van der Waals surface area contributed by atoms with Gasteiger partial charge >= 0.3 is 0 Å². The predicted molar refractivity (Wildman–Crippen MR) is 75.6 cm³/mol. The lowest BCUT2D eigenvalue weighted by Crippen LogP contribution is -2.21. The van der Waals surface area contributed by atoms with Crippen LogP contribution >= 0.6 is 12.2 Å². The second-order valence-electron chi connectivity index (χ2n) is 4.58. The van der Waals surface area contributed by atoms with Crippen LogP contribution in [0.15, 0.2) is 30.7 Å². The first kappa shape index (κ1) is 12.2. The van der Waals surface area contributed by atoms with Gasteiger partial charge in [0.15, 0.2) is 0 Å². The molecule has 3 rings (SSSR count). The van der Waals surface area contributed by atoms with E-state index in [-0.39, 0.29) is 0 Å². The third-order valence-electron chi connectivity index (χ3n) is 3.20. The molecule has 3 heterocycles. The van der Waals surface area contributed by atoms with Crippen LogP contribution in [0.4, 0.5) is 5.95 Å².